The molecule has 0 bridgehead atoms. The Kier molecular flexibility index (Phi) is 8.68. The van der Waals surface area contributed by atoms with Crippen LogP contribution in [0.5, 0.6) is 0 Å². The highest BCUT2D eigenvalue weighted by atomic mass is 14.9. The van der Waals surface area contributed by atoms with Gasteiger partial charge in [-0.1, -0.05) is 91.8 Å². The Morgan fingerprint density at radius 1 is 0.677 bits per heavy atom. The molecule has 2 rings (SSSR count). The van der Waals surface area contributed by atoms with Gasteiger partial charge in [-0.2, -0.15) is 0 Å². The third kappa shape index (κ3) is 6.09. The molecule has 0 heterocycles. The molecular weight excluding hydrogens is 376 g/mol. The third-order valence-electron chi connectivity index (χ3n) is 6.01. The number of benzene rings is 2. The monoisotopic (exact) mass is 418 g/mol. The fourth-order valence-corrected chi connectivity index (χ4v) is 3.90. The molecule has 0 aliphatic heterocycles. The summed E-state index contributed by atoms with van der Waals surface area (Å²) in [5.74, 6) is 1.82. The van der Waals surface area contributed by atoms with E-state index in [4.69, 9.17) is 4.99 Å². The lowest BCUT2D eigenvalue weighted by Crippen LogP contribution is -2.07. The van der Waals surface area contributed by atoms with Crippen LogP contribution in [-0.2, 0) is 0 Å². The summed E-state index contributed by atoms with van der Waals surface area (Å²) in [6, 6.07) is 13.2. The lowest BCUT2D eigenvalue weighted by Gasteiger charge is -2.22. The largest absolute Gasteiger partial charge is 0.358 e. The average molecular weight is 419 g/mol. The molecule has 0 spiro atoms. The standard InChI is InChI=1S/C29H42N2/c1-18(2)24-13-11-14-25(19(3)4)28(24)30-17-22(9)23(10)31-29-26(20(5)6)15-12-16-27(29)21(7)8/h11-21,31H,1-10H3/b23-22+,30-17?. The van der Waals surface area contributed by atoms with E-state index in [0.717, 1.165) is 17.0 Å². The van der Waals surface area contributed by atoms with Gasteiger partial charge in [0.15, 0.2) is 0 Å². The van der Waals surface area contributed by atoms with Gasteiger partial charge in [-0.3, -0.25) is 4.99 Å². The lowest BCUT2D eigenvalue weighted by molar-refractivity contribution is 0.835. The number of allylic oxidation sites excluding steroid dienone is 2. The van der Waals surface area contributed by atoms with E-state index >= 15 is 0 Å². The minimum atomic E-state index is 0.445. The van der Waals surface area contributed by atoms with Crippen LogP contribution in [0.4, 0.5) is 11.4 Å². The van der Waals surface area contributed by atoms with Crippen molar-refractivity contribution in [3.05, 3.63) is 69.9 Å². The van der Waals surface area contributed by atoms with Crippen LogP contribution in [0.3, 0.4) is 0 Å². The minimum Gasteiger partial charge on any atom is -0.358 e. The number of nitrogens with one attached hydrogen (secondary N) is 1. The van der Waals surface area contributed by atoms with Gasteiger partial charge in [-0.05, 0) is 65.3 Å². The van der Waals surface area contributed by atoms with Crippen LogP contribution in [0.2, 0.25) is 0 Å². The molecule has 2 heteroatoms. The van der Waals surface area contributed by atoms with Gasteiger partial charge < -0.3 is 5.32 Å². The molecule has 0 atom stereocenters. The van der Waals surface area contributed by atoms with Crippen LogP contribution in [0, 0.1) is 0 Å². The molecule has 0 unspecified atom stereocenters. The van der Waals surface area contributed by atoms with Crippen LogP contribution in [0.25, 0.3) is 0 Å². The van der Waals surface area contributed by atoms with Gasteiger partial charge in [-0.25, -0.2) is 0 Å². The molecule has 168 valence electrons. The van der Waals surface area contributed by atoms with Gasteiger partial charge in [0.1, 0.15) is 0 Å². The van der Waals surface area contributed by atoms with E-state index in [2.05, 4.69) is 111 Å². The summed E-state index contributed by atoms with van der Waals surface area (Å²) in [5.41, 5.74) is 10.0. The maximum Gasteiger partial charge on any atom is 0.0698 e. The van der Waals surface area contributed by atoms with E-state index in [1.807, 2.05) is 6.21 Å². The van der Waals surface area contributed by atoms with E-state index in [9.17, 15) is 0 Å². The maximum absolute atomic E-state index is 5.00. The van der Waals surface area contributed by atoms with Crippen LogP contribution in [0.15, 0.2) is 52.7 Å². The molecule has 1 N–H and O–H groups in total. The van der Waals surface area contributed by atoms with Crippen molar-refractivity contribution in [2.24, 2.45) is 4.99 Å². The maximum atomic E-state index is 5.00. The highest BCUT2D eigenvalue weighted by Crippen LogP contribution is 2.35. The first-order valence-electron chi connectivity index (χ1n) is 11.8. The molecule has 0 aromatic heterocycles. The second kappa shape index (κ2) is 10.8. The first-order chi connectivity index (χ1) is 14.5. The summed E-state index contributed by atoms with van der Waals surface area (Å²) < 4.78 is 0. The second-order valence-corrected chi connectivity index (χ2v) is 9.91. The van der Waals surface area contributed by atoms with Crippen molar-refractivity contribution in [1.29, 1.82) is 0 Å². The molecule has 0 saturated carbocycles. The molecule has 0 fully saturated rings. The molecule has 2 aromatic carbocycles. The van der Waals surface area contributed by atoms with E-state index in [1.165, 1.54) is 27.9 Å². The number of rotatable bonds is 8. The second-order valence-electron chi connectivity index (χ2n) is 9.91. The van der Waals surface area contributed by atoms with Crippen molar-refractivity contribution in [2.45, 2.75) is 92.9 Å². The van der Waals surface area contributed by atoms with Crippen LogP contribution < -0.4 is 5.32 Å². The Balaban J connectivity index is 2.46. The van der Waals surface area contributed by atoms with E-state index < -0.39 is 0 Å². The first-order valence-corrected chi connectivity index (χ1v) is 11.8. The van der Waals surface area contributed by atoms with Crippen molar-refractivity contribution in [1.82, 2.24) is 0 Å². The molecule has 0 saturated heterocycles. The van der Waals surface area contributed by atoms with Gasteiger partial charge in [0.25, 0.3) is 0 Å². The fraction of sp³-hybridized carbons (Fsp3) is 0.483. The SMILES string of the molecule is C/C(C=Nc1c(C(C)C)cccc1C(C)C)=C(/C)Nc1c(C(C)C)cccc1C(C)C. The summed E-state index contributed by atoms with van der Waals surface area (Å²) in [5, 5.41) is 3.74. The van der Waals surface area contributed by atoms with Crippen molar-refractivity contribution in [2.75, 3.05) is 5.32 Å². The Morgan fingerprint density at radius 2 is 1.06 bits per heavy atom. The topological polar surface area (TPSA) is 24.4 Å². The summed E-state index contributed by atoms with van der Waals surface area (Å²) in [6.07, 6.45) is 2.03. The smallest absolute Gasteiger partial charge is 0.0698 e. The molecule has 0 aliphatic rings. The zero-order valence-electron chi connectivity index (χ0n) is 21.3. The minimum absolute atomic E-state index is 0.445. The zero-order chi connectivity index (χ0) is 23.3. The number of nitrogens with zero attached hydrogens (tertiary/aromatic N) is 1. The van der Waals surface area contributed by atoms with Crippen LogP contribution in [0.1, 0.15) is 115 Å². The average Bonchev–Trinajstić information content (AvgIpc) is 2.71. The molecule has 0 amide bonds. The van der Waals surface area contributed by atoms with E-state index in [0.29, 0.717) is 23.7 Å². The normalized spacial score (nSPS) is 13.1. The van der Waals surface area contributed by atoms with Crippen molar-refractivity contribution < 1.29 is 0 Å². The summed E-state index contributed by atoms with van der Waals surface area (Å²) in [6.45, 7) is 22.3. The predicted molar refractivity (Wildman–Crippen MR) is 139 cm³/mol. The quantitative estimate of drug-likeness (QED) is 0.424. The molecule has 31 heavy (non-hydrogen) atoms. The highest BCUT2D eigenvalue weighted by Gasteiger charge is 2.15. The molecule has 2 nitrogen and oxygen atoms in total. The van der Waals surface area contributed by atoms with Gasteiger partial charge in [-0.15, -0.1) is 0 Å². The van der Waals surface area contributed by atoms with Gasteiger partial charge in [0.05, 0.1) is 5.69 Å². The third-order valence-corrected chi connectivity index (χ3v) is 6.01. The van der Waals surface area contributed by atoms with Crippen molar-refractivity contribution >= 4 is 17.6 Å². The van der Waals surface area contributed by atoms with Crippen molar-refractivity contribution in [3.63, 3.8) is 0 Å². The molecule has 0 aliphatic carbocycles. The number of aliphatic imine (C=N–C) groups is 1. The van der Waals surface area contributed by atoms with E-state index in [1.54, 1.807) is 0 Å². The first kappa shape index (κ1) is 24.9. The van der Waals surface area contributed by atoms with Gasteiger partial charge >= 0.3 is 0 Å². The van der Waals surface area contributed by atoms with Gasteiger partial charge in [0.2, 0.25) is 0 Å². The molecule has 2 aromatic rings. The fourth-order valence-electron chi connectivity index (χ4n) is 3.90. The Morgan fingerprint density at radius 3 is 1.45 bits per heavy atom. The molecular formula is C29H42N2. The summed E-state index contributed by atoms with van der Waals surface area (Å²) in [7, 11) is 0. The number of hydrogen-bond donors (Lipinski definition) is 1. The van der Waals surface area contributed by atoms with Crippen LogP contribution >= 0.6 is 0 Å². The highest BCUT2D eigenvalue weighted by molar-refractivity contribution is 5.83. The number of anilines is 1. The Labute approximate surface area is 190 Å². The number of hydrogen-bond acceptors (Lipinski definition) is 2. The number of para-hydroxylation sites is 2. The van der Waals surface area contributed by atoms with Crippen molar-refractivity contribution in [3.8, 4) is 0 Å². The molecule has 0 radical (unpaired) electrons. The zero-order valence-corrected chi connectivity index (χ0v) is 21.3. The summed E-state index contributed by atoms with van der Waals surface area (Å²) >= 11 is 0. The van der Waals surface area contributed by atoms with Crippen LogP contribution in [-0.4, -0.2) is 6.21 Å². The van der Waals surface area contributed by atoms with Gasteiger partial charge in [0, 0.05) is 17.6 Å². The van der Waals surface area contributed by atoms with E-state index in [-0.39, 0.29) is 0 Å². The lowest BCUT2D eigenvalue weighted by atomic mass is 9.92. The summed E-state index contributed by atoms with van der Waals surface area (Å²) in [4.78, 5) is 5.00. The Hall–Kier alpha value is -2.35. The predicted octanol–water partition coefficient (Wildman–Crippen LogP) is 9.29. The Bertz CT molecular complexity index is 891.